The number of carbonyl (C=O) groups excluding carboxylic acids is 2. The number of fused-ring (bicyclic) bond motifs is 3. The van der Waals surface area contributed by atoms with Gasteiger partial charge in [-0.2, -0.15) is 0 Å². The van der Waals surface area contributed by atoms with Crippen LogP contribution in [0.15, 0.2) is 23.2 Å². The minimum Gasteiger partial charge on any atom is -0.480 e. The van der Waals surface area contributed by atoms with E-state index >= 15 is 0 Å². The molecule has 208 valence electrons. The number of aliphatic imine (C=N–C) groups is 1. The maximum Gasteiger partial charge on any atom is 0.322 e. The van der Waals surface area contributed by atoms with Gasteiger partial charge in [-0.15, -0.1) is 0 Å². The second-order valence-electron chi connectivity index (χ2n) is 11.0. The summed E-state index contributed by atoms with van der Waals surface area (Å²) in [6.45, 7) is 4.22. The summed E-state index contributed by atoms with van der Waals surface area (Å²) in [7, 11) is -4.10. The molecule has 1 amide bonds. The highest BCUT2D eigenvalue weighted by molar-refractivity contribution is 7.89. The third kappa shape index (κ3) is 5.35. The van der Waals surface area contributed by atoms with Gasteiger partial charge in [-0.05, 0) is 61.1 Å². The van der Waals surface area contributed by atoms with E-state index in [2.05, 4.69) is 15.0 Å². The molecular formula is C25H35N5O7S. The summed E-state index contributed by atoms with van der Waals surface area (Å²) in [5.74, 6) is -1.64. The first-order valence-corrected chi connectivity index (χ1v) is 14.3. The van der Waals surface area contributed by atoms with Crippen LogP contribution in [0.5, 0.6) is 5.75 Å². The minimum absolute atomic E-state index is 0.0263. The SMILES string of the molecule is CC1(C)C2CC[C@]1(CS(=O)(=O)N[C@@H](Cc1ccc3c(c1)NC(=O)[C@@H](CCCN=C(N)N)O3)C(=O)O)C(=O)C2. The van der Waals surface area contributed by atoms with Crippen LogP contribution in [0.3, 0.4) is 0 Å². The Labute approximate surface area is 221 Å². The quantitative estimate of drug-likeness (QED) is 0.150. The molecule has 38 heavy (non-hydrogen) atoms. The molecular weight excluding hydrogens is 514 g/mol. The lowest BCUT2D eigenvalue weighted by molar-refractivity contribution is -0.139. The number of hydrogen-bond acceptors (Lipinski definition) is 7. The number of guanidine groups is 1. The number of amides is 1. The molecule has 3 aliphatic rings. The average Bonchev–Trinajstić information content (AvgIpc) is 3.15. The molecule has 0 saturated heterocycles. The zero-order valence-electron chi connectivity index (χ0n) is 21.5. The molecule has 2 bridgehead atoms. The summed E-state index contributed by atoms with van der Waals surface area (Å²) in [4.78, 5) is 41.1. The lowest BCUT2D eigenvalue weighted by atomic mass is 9.70. The number of nitrogens with two attached hydrogens (primary N) is 2. The molecule has 2 fully saturated rings. The topological polar surface area (TPSA) is 203 Å². The van der Waals surface area contributed by atoms with E-state index in [1.807, 2.05) is 13.8 Å². The number of hydrogen-bond donors (Lipinski definition) is 5. The molecule has 1 aromatic carbocycles. The molecule has 7 N–H and O–H groups in total. The lowest BCUT2D eigenvalue weighted by Crippen LogP contribution is -2.49. The second-order valence-corrected chi connectivity index (χ2v) is 12.8. The largest absolute Gasteiger partial charge is 0.480 e. The van der Waals surface area contributed by atoms with E-state index in [0.29, 0.717) is 49.2 Å². The molecule has 4 atom stereocenters. The van der Waals surface area contributed by atoms with Crippen LogP contribution in [0.1, 0.15) is 51.5 Å². The maximum atomic E-state index is 13.1. The molecule has 4 rings (SSSR count). The van der Waals surface area contributed by atoms with E-state index in [1.165, 1.54) is 0 Å². The Hall–Kier alpha value is -3.19. The maximum absolute atomic E-state index is 13.1. The summed E-state index contributed by atoms with van der Waals surface area (Å²) in [6.07, 6.45) is 1.69. The number of carboxylic acid groups (broad SMARTS) is 1. The Morgan fingerprint density at radius 1 is 1.32 bits per heavy atom. The molecule has 12 nitrogen and oxygen atoms in total. The number of benzene rings is 1. The highest BCUT2D eigenvalue weighted by Crippen LogP contribution is 2.64. The van der Waals surface area contributed by atoms with Gasteiger partial charge in [-0.25, -0.2) is 13.1 Å². The predicted molar refractivity (Wildman–Crippen MR) is 140 cm³/mol. The van der Waals surface area contributed by atoms with Crippen LogP contribution in [-0.4, -0.2) is 61.6 Å². The molecule has 0 spiro atoms. The van der Waals surface area contributed by atoms with E-state index < -0.39 is 44.7 Å². The number of Topliss-reactive ketones (excluding diaryl/α,β-unsaturated/α-hetero) is 1. The van der Waals surface area contributed by atoms with Crippen LogP contribution in [0.2, 0.25) is 0 Å². The third-order valence-corrected chi connectivity index (χ3v) is 9.93. The lowest BCUT2D eigenvalue weighted by Gasteiger charge is -2.36. The van der Waals surface area contributed by atoms with Gasteiger partial charge >= 0.3 is 5.97 Å². The van der Waals surface area contributed by atoms with Gasteiger partial charge in [0.2, 0.25) is 10.0 Å². The number of nitrogens with one attached hydrogen (secondary N) is 2. The molecule has 1 aliphatic heterocycles. The van der Waals surface area contributed by atoms with Crippen molar-refractivity contribution in [3.05, 3.63) is 23.8 Å². The first-order chi connectivity index (χ1) is 17.7. The number of anilines is 1. The van der Waals surface area contributed by atoms with Crippen molar-refractivity contribution in [1.29, 1.82) is 0 Å². The fraction of sp³-hybridized carbons (Fsp3) is 0.600. The van der Waals surface area contributed by atoms with Gasteiger partial charge in [-0.1, -0.05) is 19.9 Å². The fourth-order valence-electron chi connectivity index (χ4n) is 6.11. The van der Waals surface area contributed by atoms with Gasteiger partial charge in [0, 0.05) is 18.4 Å². The summed E-state index contributed by atoms with van der Waals surface area (Å²) in [5.41, 5.74) is 10.00. The van der Waals surface area contributed by atoms with Crippen molar-refractivity contribution in [2.45, 2.75) is 64.5 Å². The number of ketones is 1. The fourth-order valence-corrected chi connectivity index (χ4v) is 8.13. The summed E-state index contributed by atoms with van der Waals surface area (Å²) >= 11 is 0. The minimum atomic E-state index is -4.10. The molecule has 2 saturated carbocycles. The Balaban J connectivity index is 1.43. The second kappa shape index (κ2) is 10.2. The number of carbonyl (C=O) groups is 3. The normalized spacial score (nSPS) is 26.3. The van der Waals surface area contributed by atoms with Crippen LogP contribution in [-0.2, 0) is 30.8 Å². The molecule has 0 aromatic heterocycles. The molecule has 0 radical (unpaired) electrons. The van der Waals surface area contributed by atoms with Gasteiger partial charge in [-0.3, -0.25) is 19.4 Å². The summed E-state index contributed by atoms with van der Waals surface area (Å²) < 4.78 is 34.4. The highest BCUT2D eigenvalue weighted by atomic mass is 32.2. The van der Waals surface area contributed by atoms with E-state index in [4.69, 9.17) is 16.2 Å². The molecule has 1 aromatic rings. The number of sulfonamides is 1. The first-order valence-electron chi connectivity index (χ1n) is 12.7. The van der Waals surface area contributed by atoms with Crippen LogP contribution in [0.25, 0.3) is 0 Å². The van der Waals surface area contributed by atoms with E-state index in [1.54, 1.807) is 18.2 Å². The van der Waals surface area contributed by atoms with Gasteiger partial charge in [0.1, 0.15) is 17.6 Å². The first kappa shape index (κ1) is 27.8. The highest BCUT2D eigenvalue weighted by Gasteiger charge is 2.65. The van der Waals surface area contributed by atoms with Crippen molar-refractivity contribution in [1.82, 2.24) is 4.72 Å². The van der Waals surface area contributed by atoms with Gasteiger partial charge in [0.15, 0.2) is 12.1 Å². The number of rotatable bonds is 11. The van der Waals surface area contributed by atoms with E-state index in [-0.39, 0.29) is 30.0 Å². The predicted octanol–water partition coefficient (Wildman–Crippen LogP) is 0.750. The monoisotopic (exact) mass is 549 g/mol. The van der Waals surface area contributed by atoms with Crippen molar-refractivity contribution in [3.63, 3.8) is 0 Å². The van der Waals surface area contributed by atoms with Crippen LogP contribution >= 0.6 is 0 Å². The van der Waals surface area contributed by atoms with Crippen molar-refractivity contribution in [3.8, 4) is 5.75 Å². The van der Waals surface area contributed by atoms with Crippen molar-refractivity contribution in [2.24, 2.45) is 33.2 Å². The van der Waals surface area contributed by atoms with Gasteiger partial charge in [0.25, 0.3) is 5.91 Å². The Morgan fingerprint density at radius 2 is 2.05 bits per heavy atom. The number of ether oxygens (including phenoxy) is 1. The number of carboxylic acids is 1. The van der Waals surface area contributed by atoms with Crippen LogP contribution < -0.4 is 26.2 Å². The molecule has 13 heteroatoms. The standard InChI is InChI=1S/C25H35N5O7S/c1-24(2)15-7-8-25(24,20(31)12-15)13-38(35,36)30-17(22(33)34)11-14-5-6-18-16(10-14)29-21(32)19(37-18)4-3-9-28-23(26)27/h5-6,10,15,17,19,30H,3-4,7-9,11-13H2,1-2H3,(H,29,32)(H,33,34)(H4,26,27,28)/t15?,17-,19+,25-/m0/s1. The van der Waals surface area contributed by atoms with Crippen molar-refractivity contribution in [2.75, 3.05) is 17.6 Å². The summed E-state index contributed by atoms with van der Waals surface area (Å²) in [6, 6.07) is 3.35. The average molecular weight is 550 g/mol. The number of aliphatic carboxylic acids is 1. The Morgan fingerprint density at radius 3 is 2.66 bits per heavy atom. The van der Waals surface area contributed by atoms with Crippen LogP contribution in [0.4, 0.5) is 5.69 Å². The smallest absolute Gasteiger partial charge is 0.322 e. The van der Waals surface area contributed by atoms with Gasteiger partial charge < -0.3 is 26.6 Å². The van der Waals surface area contributed by atoms with E-state index in [9.17, 15) is 27.9 Å². The van der Waals surface area contributed by atoms with Crippen LogP contribution in [0, 0.1) is 16.7 Å². The molecule has 1 unspecified atom stereocenters. The third-order valence-electron chi connectivity index (χ3n) is 8.42. The Bertz CT molecular complexity index is 1270. The molecule has 1 heterocycles. The number of nitrogens with zero attached hydrogens (tertiary/aromatic N) is 1. The summed E-state index contributed by atoms with van der Waals surface area (Å²) in [5, 5.41) is 12.5. The zero-order chi connectivity index (χ0) is 27.9. The van der Waals surface area contributed by atoms with Crippen molar-refractivity contribution < 1.29 is 32.6 Å². The van der Waals surface area contributed by atoms with Crippen molar-refractivity contribution >= 4 is 39.3 Å². The zero-order valence-corrected chi connectivity index (χ0v) is 22.3. The van der Waals surface area contributed by atoms with Gasteiger partial charge in [0.05, 0.1) is 11.4 Å². The molecule has 2 aliphatic carbocycles. The van der Waals surface area contributed by atoms with E-state index in [0.717, 1.165) is 6.42 Å². The Kier molecular flexibility index (Phi) is 7.45.